The first-order valence-electron chi connectivity index (χ1n) is 5.70. The maximum Gasteiger partial charge on any atom is 0.139 e. The third kappa shape index (κ3) is 2.46. The lowest BCUT2D eigenvalue weighted by Gasteiger charge is -2.14. The third-order valence-corrected chi connectivity index (χ3v) is 2.80. The van der Waals surface area contributed by atoms with Gasteiger partial charge < -0.3 is 9.84 Å². The summed E-state index contributed by atoms with van der Waals surface area (Å²) in [5.41, 5.74) is 3.18. The molecule has 1 unspecified atom stereocenters. The molecule has 2 aromatic rings. The van der Waals surface area contributed by atoms with Crippen LogP contribution >= 0.6 is 0 Å². The maximum atomic E-state index is 5.16. The smallest absolute Gasteiger partial charge is 0.139 e. The van der Waals surface area contributed by atoms with E-state index < -0.39 is 0 Å². The summed E-state index contributed by atoms with van der Waals surface area (Å²) in [6.45, 7) is 7.98. The van der Waals surface area contributed by atoms with E-state index in [1.165, 1.54) is 0 Å². The first-order chi connectivity index (χ1) is 8.08. The summed E-state index contributed by atoms with van der Waals surface area (Å²) in [5.74, 6) is 1.72. The minimum atomic E-state index is 0.136. The average Bonchev–Trinajstić information content (AvgIpc) is 2.62. The summed E-state index contributed by atoms with van der Waals surface area (Å²) in [4.78, 5) is 4.33. The van der Waals surface area contributed by atoms with E-state index in [9.17, 15) is 0 Å². The van der Waals surface area contributed by atoms with Crippen LogP contribution in [-0.2, 0) is 0 Å². The van der Waals surface area contributed by atoms with Gasteiger partial charge in [-0.1, -0.05) is 11.2 Å². The molecule has 0 aromatic carbocycles. The molecule has 17 heavy (non-hydrogen) atoms. The van der Waals surface area contributed by atoms with Crippen LogP contribution in [0.4, 0.5) is 5.82 Å². The van der Waals surface area contributed by atoms with Crippen molar-refractivity contribution >= 4 is 5.82 Å². The molecule has 2 aromatic heterocycles. The predicted molar refractivity (Wildman–Crippen MR) is 67.0 cm³/mol. The molecule has 1 N–H and O–H groups in total. The number of hydrogen-bond acceptors (Lipinski definition) is 4. The molecule has 0 amide bonds. The van der Waals surface area contributed by atoms with Crippen molar-refractivity contribution in [1.29, 1.82) is 0 Å². The zero-order valence-electron chi connectivity index (χ0n) is 10.6. The van der Waals surface area contributed by atoms with Gasteiger partial charge in [0.25, 0.3) is 0 Å². The number of nitrogens with one attached hydrogen (secondary N) is 1. The van der Waals surface area contributed by atoms with Crippen LogP contribution in [-0.4, -0.2) is 10.1 Å². The number of nitrogens with zero attached hydrogens (tertiary/aromatic N) is 2. The zero-order chi connectivity index (χ0) is 12.4. The number of aromatic nitrogens is 2. The Hall–Kier alpha value is -1.84. The van der Waals surface area contributed by atoms with Gasteiger partial charge in [-0.05, 0) is 39.3 Å². The second-order valence-electron chi connectivity index (χ2n) is 4.32. The number of anilines is 1. The second kappa shape index (κ2) is 4.57. The lowest BCUT2D eigenvalue weighted by Crippen LogP contribution is -2.09. The molecule has 0 radical (unpaired) electrons. The highest BCUT2D eigenvalue weighted by atomic mass is 16.5. The van der Waals surface area contributed by atoms with E-state index in [0.29, 0.717) is 0 Å². The van der Waals surface area contributed by atoms with E-state index in [1.54, 1.807) is 0 Å². The molecule has 0 spiro atoms. The first-order valence-corrected chi connectivity index (χ1v) is 5.70. The maximum absolute atomic E-state index is 5.16. The summed E-state index contributed by atoms with van der Waals surface area (Å²) in [5, 5.41) is 7.30. The molecular weight excluding hydrogens is 214 g/mol. The van der Waals surface area contributed by atoms with E-state index in [1.807, 2.05) is 39.1 Å². The van der Waals surface area contributed by atoms with Crippen molar-refractivity contribution in [1.82, 2.24) is 10.1 Å². The van der Waals surface area contributed by atoms with Crippen molar-refractivity contribution in [3.8, 4) is 0 Å². The van der Waals surface area contributed by atoms with Gasteiger partial charge >= 0.3 is 0 Å². The summed E-state index contributed by atoms with van der Waals surface area (Å²) in [6, 6.07) is 4.15. The van der Waals surface area contributed by atoms with Crippen LogP contribution in [0.1, 0.15) is 35.5 Å². The van der Waals surface area contributed by atoms with Gasteiger partial charge in [0.1, 0.15) is 11.6 Å². The van der Waals surface area contributed by atoms with Gasteiger partial charge in [-0.3, -0.25) is 0 Å². The van der Waals surface area contributed by atoms with Gasteiger partial charge in [-0.15, -0.1) is 0 Å². The van der Waals surface area contributed by atoms with Gasteiger partial charge in [0, 0.05) is 11.8 Å². The highest BCUT2D eigenvalue weighted by Gasteiger charge is 2.16. The minimum absolute atomic E-state index is 0.136. The van der Waals surface area contributed by atoms with E-state index in [0.717, 1.165) is 28.4 Å². The summed E-state index contributed by atoms with van der Waals surface area (Å²) < 4.78 is 5.16. The average molecular weight is 231 g/mol. The van der Waals surface area contributed by atoms with Crippen molar-refractivity contribution in [2.75, 3.05) is 5.32 Å². The summed E-state index contributed by atoms with van der Waals surface area (Å²) in [7, 11) is 0. The van der Waals surface area contributed by atoms with E-state index in [4.69, 9.17) is 4.52 Å². The molecule has 0 bridgehead atoms. The molecule has 0 fully saturated rings. The molecule has 0 aliphatic heterocycles. The van der Waals surface area contributed by atoms with Crippen LogP contribution in [0.5, 0.6) is 0 Å². The quantitative estimate of drug-likeness (QED) is 0.881. The minimum Gasteiger partial charge on any atom is -0.363 e. The zero-order valence-corrected chi connectivity index (χ0v) is 10.6. The van der Waals surface area contributed by atoms with Crippen LogP contribution in [0.15, 0.2) is 22.9 Å². The Labute approximate surface area is 101 Å². The van der Waals surface area contributed by atoms with Crippen molar-refractivity contribution in [3.05, 3.63) is 40.9 Å². The monoisotopic (exact) mass is 231 g/mol. The number of pyridine rings is 1. The fraction of sp³-hybridized carbons (Fsp3) is 0.385. The summed E-state index contributed by atoms with van der Waals surface area (Å²) in [6.07, 6.45) is 1.85. The Bertz CT molecular complexity index is 482. The molecule has 1 atom stereocenters. The SMILES string of the molecule is Cc1ccc(NC(C)c2c(C)noc2C)nc1. The Morgan fingerprint density at radius 2 is 2.00 bits per heavy atom. The predicted octanol–water partition coefficient (Wildman–Crippen LogP) is 3.17. The van der Waals surface area contributed by atoms with Crippen LogP contribution < -0.4 is 5.32 Å². The highest BCUT2D eigenvalue weighted by Crippen LogP contribution is 2.23. The van der Waals surface area contributed by atoms with Gasteiger partial charge in [-0.25, -0.2) is 4.98 Å². The van der Waals surface area contributed by atoms with Crippen molar-refractivity contribution < 1.29 is 4.52 Å². The first kappa shape index (κ1) is 11.6. The molecule has 4 heteroatoms. The van der Waals surface area contributed by atoms with Gasteiger partial charge in [0.15, 0.2) is 0 Å². The molecule has 4 nitrogen and oxygen atoms in total. The summed E-state index contributed by atoms with van der Waals surface area (Å²) >= 11 is 0. The molecular formula is C13H17N3O. The molecule has 90 valence electrons. The number of rotatable bonds is 3. The number of hydrogen-bond donors (Lipinski definition) is 1. The Morgan fingerprint density at radius 1 is 1.24 bits per heavy atom. The van der Waals surface area contributed by atoms with E-state index in [-0.39, 0.29) is 6.04 Å². The van der Waals surface area contributed by atoms with E-state index in [2.05, 4.69) is 22.4 Å². The van der Waals surface area contributed by atoms with Gasteiger partial charge in [-0.2, -0.15) is 0 Å². The molecule has 0 aliphatic rings. The largest absolute Gasteiger partial charge is 0.363 e. The third-order valence-electron chi connectivity index (χ3n) is 2.80. The molecule has 2 rings (SSSR count). The van der Waals surface area contributed by atoms with Crippen LogP contribution in [0.25, 0.3) is 0 Å². The van der Waals surface area contributed by atoms with Crippen LogP contribution in [0, 0.1) is 20.8 Å². The lowest BCUT2D eigenvalue weighted by atomic mass is 10.1. The topological polar surface area (TPSA) is 51.0 Å². The molecule has 2 heterocycles. The normalized spacial score (nSPS) is 12.5. The molecule has 0 aliphatic carbocycles. The van der Waals surface area contributed by atoms with Crippen molar-refractivity contribution in [2.24, 2.45) is 0 Å². The van der Waals surface area contributed by atoms with Crippen molar-refractivity contribution in [2.45, 2.75) is 33.7 Å². The molecule has 0 saturated carbocycles. The Balaban J connectivity index is 2.17. The fourth-order valence-corrected chi connectivity index (χ4v) is 1.96. The highest BCUT2D eigenvalue weighted by molar-refractivity contribution is 5.40. The van der Waals surface area contributed by atoms with Gasteiger partial charge in [0.05, 0.1) is 11.7 Å². The molecule has 0 saturated heterocycles. The van der Waals surface area contributed by atoms with E-state index >= 15 is 0 Å². The van der Waals surface area contributed by atoms with Crippen molar-refractivity contribution in [3.63, 3.8) is 0 Å². The number of aryl methyl sites for hydroxylation is 3. The fourth-order valence-electron chi connectivity index (χ4n) is 1.96. The Morgan fingerprint density at radius 3 is 2.53 bits per heavy atom. The van der Waals surface area contributed by atoms with Crippen LogP contribution in [0.3, 0.4) is 0 Å². The van der Waals surface area contributed by atoms with Gasteiger partial charge in [0.2, 0.25) is 0 Å². The van der Waals surface area contributed by atoms with Crippen LogP contribution in [0.2, 0.25) is 0 Å². The second-order valence-corrected chi connectivity index (χ2v) is 4.32. The standard InChI is InChI=1S/C13H17N3O/c1-8-5-6-12(14-7-8)15-9(2)13-10(3)16-17-11(13)4/h5-7,9H,1-4H3,(H,14,15). The lowest BCUT2D eigenvalue weighted by molar-refractivity contribution is 0.392. The Kier molecular flexibility index (Phi) is 3.13.